The van der Waals surface area contributed by atoms with Crippen molar-refractivity contribution in [2.24, 2.45) is 5.73 Å². The van der Waals surface area contributed by atoms with E-state index in [0.717, 1.165) is 38.8 Å². The van der Waals surface area contributed by atoms with Crippen molar-refractivity contribution in [2.75, 3.05) is 52.6 Å². The first-order chi connectivity index (χ1) is 22.9. The SMILES string of the molecule is CCCCCCCCCCCCN(CCO)CCO.CCCCCCCCOP(=O)(O)OCCCCCCCC.CCCCCCN. The first-order valence-corrected chi connectivity index (χ1v) is 21.6. The molecule has 288 valence electrons. The van der Waals surface area contributed by atoms with Crippen LogP contribution in [0.2, 0.25) is 0 Å². The van der Waals surface area contributed by atoms with E-state index in [-0.39, 0.29) is 13.2 Å². The van der Waals surface area contributed by atoms with E-state index in [1.54, 1.807) is 0 Å². The molecule has 0 unspecified atom stereocenters. The lowest BCUT2D eigenvalue weighted by molar-refractivity contribution is 0.145. The Hall–Kier alpha value is -0.0500. The number of nitrogens with zero attached hydrogens (tertiary/aromatic N) is 1. The van der Waals surface area contributed by atoms with Crippen molar-refractivity contribution in [1.29, 1.82) is 0 Å². The lowest BCUT2D eigenvalue weighted by atomic mass is 10.1. The topological polar surface area (TPSA) is 125 Å². The maximum absolute atomic E-state index is 11.6. The average molecular weight is 697 g/mol. The predicted molar refractivity (Wildman–Crippen MR) is 204 cm³/mol. The third-order valence-corrected chi connectivity index (χ3v) is 9.24. The number of hydrogen-bond acceptors (Lipinski definition) is 7. The zero-order valence-corrected chi connectivity index (χ0v) is 33.0. The summed E-state index contributed by atoms with van der Waals surface area (Å²) >= 11 is 0. The summed E-state index contributed by atoms with van der Waals surface area (Å²) in [5.74, 6) is 0. The van der Waals surface area contributed by atoms with Crippen LogP contribution in [0.25, 0.3) is 0 Å². The minimum atomic E-state index is -3.82. The van der Waals surface area contributed by atoms with Crippen LogP contribution >= 0.6 is 7.82 Å². The van der Waals surface area contributed by atoms with Gasteiger partial charge in [-0.15, -0.1) is 0 Å². The van der Waals surface area contributed by atoms with E-state index in [4.69, 9.17) is 25.0 Å². The van der Waals surface area contributed by atoms with E-state index in [0.29, 0.717) is 26.3 Å². The normalized spacial score (nSPS) is 11.3. The Morgan fingerprint density at radius 3 is 1.09 bits per heavy atom. The second kappa shape index (κ2) is 46.0. The number of hydrogen-bond donors (Lipinski definition) is 4. The molecule has 0 bridgehead atoms. The van der Waals surface area contributed by atoms with Gasteiger partial charge >= 0.3 is 7.82 Å². The van der Waals surface area contributed by atoms with Gasteiger partial charge in [-0.25, -0.2) is 4.57 Å². The molecule has 0 amide bonds. The molecule has 0 spiro atoms. The van der Waals surface area contributed by atoms with Crippen LogP contribution in [0, 0.1) is 0 Å². The molecule has 0 aromatic heterocycles. The summed E-state index contributed by atoms with van der Waals surface area (Å²) in [7, 11) is -3.82. The third kappa shape index (κ3) is 50.4. The van der Waals surface area contributed by atoms with Gasteiger partial charge in [0.2, 0.25) is 0 Å². The number of rotatable bonds is 35. The highest BCUT2D eigenvalue weighted by Gasteiger charge is 2.19. The number of unbranched alkanes of at least 4 members (excludes halogenated alkanes) is 22. The van der Waals surface area contributed by atoms with Gasteiger partial charge in [0.25, 0.3) is 0 Å². The molecule has 0 aliphatic heterocycles. The predicted octanol–water partition coefficient (Wildman–Crippen LogP) is 10.6. The van der Waals surface area contributed by atoms with Gasteiger partial charge in [0.15, 0.2) is 0 Å². The summed E-state index contributed by atoms with van der Waals surface area (Å²) in [6.07, 6.45) is 32.2. The van der Waals surface area contributed by atoms with Gasteiger partial charge in [0, 0.05) is 13.1 Å². The van der Waals surface area contributed by atoms with Crippen LogP contribution in [0.3, 0.4) is 0 Å². The molecular weight excluding hydrogens is 611 g/mol. The molecule has 0 atom stereocenters. The van der Waals surface area contributed by atoms with Crippen molar-refractivity contribution in [3.8, 4) is 0 Å². The number of phosphoric acid groups is 1. The molecule has 9 heteroatoms. The van der Waals surface area contributed by atoms with Gasteiger partial charge in [0.1, 0.15) is 0 Å². The Morgan fingerprint density at radius 2 is 0.766 bits per heavy atom. The van der Waals surface area contributed by atoms with Crippen LogP contribution in [0.5, 0.6) is 0 Å². The fraction of sp³-hybridized carbons (Fsp3) is 1.00. The molecule has 0 heterocycles. The summed E-state index contributed by atoms with van der Waals surface area (Å²) in [5.41, 5.74) is 5.27. The highest BCUT2D eigenvalue weighted by molar-refractivity contribution is 7.47. The summed E-state index contributed by atoms with van der Waals surface area (Å²) in [4.78, 5) is 11.7. The molecule has 0 aromatic carbocycles. The maximum atomic E-state index is 11.6. The average Bonchev–Trinajstić information content (AvgIpc) is 3.06. The minimum absolute atomic E-state index is 0.192. The lowest BCUT2D eigenvalue weighted by Gasteiger charge is -2.19. The molecule has 0 saturated carbocycles. The Kier molecular flexibility index (Phi) is 50.2. The van der Waals surface area contributed by atoms with Crippen molar-refractivity contribution in [3.63, 3.8) is 0 Å². The monoisotopic (exact) mass is 697 g/mol. The zero-order valence-electron chi connectivity index (χ0n) is 32.1. The van der Waals surface area contributed by atoms with E-state index in [9.17, 15) is 9.46 Å². The van der Waals surface area contributed by atoms with Crippen molar-refractivity contribution in [2.45, 2.75) is 195 Å². The molecular formula is C38H85N2O6P. The molecule has 5 N–H and O–H groups in total. The van der Waals surface area contributed by atoms with Crippen molar-refractivity contribution < 1.29 is 28.7 Å². The number of aliphatic hydroxyl groups excluding tert-OH is 2. The Morgan fingerprint density at radius 1 is 0.468 bits per heavy atom. The van der Waals surface area contributed by atoms with Gasteiger partial charge in [-0.3, -0.25) is 13.9 Å². The highest BCUT2D eigenvalue weighted by Crippen LogP contribution is 2.43. The van der Waals surface area contributed by atoms with Gasteiger partial charge in [-0.2, -0.15) is 0 Å². The van der Waals surface area contributed by atoms with Crippen LogP contribution < -0.4 is 5.73 Å². The van der Waals surface area contributed by atoms with E-state index < -0.39 is 7.82 Å². The maximum Gasteiger partial charge on any atom is 0.472 e. The van der Waals surface area contributed by atoms with E-state index in [1.165, 1.54) is 141 Å². The molecule has 8 nitrogen and oxygen atoms in total. The number of phosphoric ester groups is 1. The molecule has 0 aromatic rings. The summed E-state index contributed by atoms with van der Waals surface area (Å²) in [6.45, 7) is 13.1. The minimum Gasteiger partial charge on any atom is -0.395 e. The molecule has 0 saturated heterocycles. The van der Waals surface area contributed by atoms with Crippen molar-refractivity contribution in [1.82, 2.24) is 4.90 Å². The number of nitrogens with two attached hydrogens (primary N) is 1. The first-order valence-electron chi connectivity index (χ1n) is 20.1. The third-order valence-electron chi connectivity index (χ3n) is 8.22. The Labute approximate surface area is 294 Å². The summed E-state index contributed by atoms with van der Waals surface area (Å²) < 4.78 is 21.5. The van der Waals surface area contributed by atoms with E-state index in [2.05, 4.69) is 32.6 Å². The van der Waals surface area contributed by atoms with Gasteiger partial charge in [0.05, 0.1) is 26.4 Å². The molecule has 0 rings (SSSR count). The zero-order chi connectivity index (χ0) is 35.5. The van der Waals surface area contributed by atoms with Crippen LogP contribution in [0.1, 0.15) is 195 Å². The molecule has 47 heavy (non-hydrogen) atoms. The second-order valence-corrected chi connectivity index (χ2v) is 14.4. The van der Waals surface area contributed by atoms with Crippen LogP contribution in [0.4, 0.5) is 0 Å². The van der Waals surface area contributed by atoms with Crippen molar-refractivity contribution >= 4 is 7.82 Å². The molecule has 0 fully saturated rings. The summed E-state index contributed by atoms with van der Waals surface area (Å²) in [5, 5.41) is 17.8. The van der Waals surface area contributed by atoms with Gasteiger partial charge in [-0.05, 0) is 38.8 Å². The van der Waals surface area contributed by atoms with E-state index in [1.807, 2.05) is 0 Å². The molecule has 0 radical (unpaired) electrons. The number of aliphatic hydroxyl groups is 2. The van der Waals surface area contributed by atoms with Gasteiger partial charge in [-0.1, -0.05) is 169 Å². The van der Waals surface area contributed by atoms with Crippen LogP contribution in [-0.4, -0.2) is 72.6 Å². The van der Waals surface area contributed by atoms with E-state index >= 15 is 0 Å². The lowest BCUT2D eigenvalue weighted by Crippen LogP contribution is -2.30. The first kappa shape index (κ1) is 51.3. The largest absolute Gasteiger partial charge is 0.472 e. The molecule has 0 aliphatic rings. The fourth-order valence-electron chi connectivity index (χ4n) is 5.17. The Balaban J connectivity index is -0.000000687. The second-order valence-electron chi connectivity index (χ2n) is 13.0. The highest BCUT2D eigenvalue weighted by atomic mass is 31.2. The Bertz CT molecular complexity index is 556. The van der Waals surface area contributed by atoms with Crippen LogP contribution in [0.15, 0.2) is 0 Å². The van der Waals surface area contributed by atoms with Gasteiger partial charge < -0.3 is 20.8 Å². The smallest absolute Gasteiger partial charge is 0.395 e. The quantitative estimate of drug-likeness (QED) is 0.0381. The standard InChI is InChI=1S/C16H35NO2.C16H35O4P.C6H15N/c1-2-3-4-5-6-7-8-9-10-11-12-17(13-15-18)14-16-19;1-3-5-7-9-11-13-15-19-21(17,18)20-16-14-12-10-8-6-4-2;1-2-3-4-5-6-7/h18-19H,2-16H2,1H3;3-16H2,1-2H3,(H,17,18);2-7H2,1H3. The molecule has 0 aliphatic carbocycles. The van der Waals surface area contributed by atoms with Crippen LogP contribution in [-0.2, 0) is 13.6 Å². The summed E-state index contributed by atoms with van der Waals surface area (Å²) in [6, 6.07) is 0. The van der Waals surface area contributed by atoms with Crippen molar-refractivity contribution in [3.05, 3.63) is 0 Å². The fourth-order valence-corrected chi connectivity index (χ4v) is 5.97.